The fourth-order valence-electron chi connectivity index (χ4n) is 11.8. The number of hydrogen-bond acceptors (Lipinski definition) is 4. The Balaban J connectivity index is 1.15. The van der Waals surface area contributed by atoms with E-state index in [1.807, 2.05) is 11.3 Å². The van der Waals surface area contributed by atoms with Gasteiger partial charge in [-0.3, -0.25) is 0 Å². The van der Waals surface area contributed by atoms with Crippen molar-refractivity contribution in [2.75, 3.05) is 9.80 Å². The van der Waals surface area contributed by atoms with E-state index in [2.05, 4.69) is 242 Å². The van der Waals surface area contributed by atoms with Crippen LogP contribution in [0.3, 0.4) is 0 Å². The van der Waals surface area contributed by atoms with Crippen LogP contribution in [0, 0.1) is 13.8 Å². The summed E-state index contributed by atoms with van der Waals surface area (Å²) in [5.74, 6) is 0. The number of aryl methyl sites for hydroxylation is 2. The molecule has 5 heterocycles. The number of nitrogens with zero attached hydrogens (tertiary/aromatic N) is 3. The van der Waals surface area contributed by atoms with Gasteiger partial charge >= 0.3 is 0 Å². The monoisotopic (exact) mass is 927 g/mol. The highest BCUT2D eigenvalue weighted by atomic mass is 32.1. The maximum Gasteiger partial charge on any atom is 0.252 e. The molecule has 0 saturated heterocycles. The van der Waals surface area contributed by atoms with Gasteiger partial charge in [0.2, 0.25) is 0 Å². The topological polar surface area (TPSA) is 24.6 Å². The van der Waals surface area contributed by atoms with Gasteiger partial charge in [-0.2, -0.15) is 0 Å². The van der Waals surface area contributed by atoms with Crippen LogP contribution in [0.15, 0.2) is 156 Å². The number of rotatable bonds is 4. The maximum atomic E-state index is 7.01. The quantitative estimate of drug-likeness (QED) is 0.164. The zero-order valence-electron chi connectivity index (χ0n) is 42.2. The van der Waals surface area contributed by atoms with E-state index in [9.17, 15) is 0 Å². The lowest BCUT2D eigenvalue weighted by atomic mass is 9.33. The second-order valence-corrected chi connectivity index (χ2v) is 24.2. The van der Waals surface area contributed by atoms with Crippen LogP contribution in [0.1, 0.15) is 90.1 Å². The molecule has 0 aliphatic carbocycles. The Morgan fingerprint density at radius 3 is 1.80 bits per heavy atom. The third-order valence-corrected chi connectivity index (χ3v) is 16.6. The van der Waals surface area contributed by atoms with Gasteiger partial charge in [0, 0.05) is 65.8 Å². The fraction of sp³-hybridized carbons (Fsp3) is 0.219. The second-order valence-electron chi connectivity index (χ2n) is 23.1. The summed E-state index contributed by atoms with van der Waals surface area (Å²) in [5, 5.41) is 6.23. The van der Waals surface area contributed by atoms with Gasteiger partial charge in [-0.25, -0.2) is 0 Å². The Morgan fingerprint density at radius 1 is 0.500 bits per heavy atom. The van der Waals surface area contributed by atoms with Crippen LogP contribution in [0.2, 0.25) is 0 Å². The SMILES string of the molecule is Cc1cc(C(C)(C)C)ccc1N(c1ccc2c(c1)N(c1cccc3c1oc1ccccc13)c1cc(C(C)(C)C)cc3c1B2c1cccc2c4c5ccccc5sc4n-3c12)c1ccc(C(C)(C)C)cc1C. The lowest BCUT2D eigenvalue weighted by molar-refractivity contribution is 0.589. The second kappa shape index (κ2) is 14.8. The van der Waals surface area contributed by atoms with E-state index in [-0.39, 0.29) is 23.0 Å². The van der Waals surface area contributed by atoms with Crippen LogP contribution < -0.4 is 26.2 Å². The molecule has 0 amide bonds. The molecule has 6 heteroatoms. The van der Waals surface area contributed by atoms with Gasteiger partial charge in [-0.05, 0) is 129 Å². The minimum Gasteiger partial charge on any atom is -0.454 e. The van der Waals surface area contributed by atoms with Gasteiger partial charge in [0.05, 0.1) is 11.2 Å². The summed E-state index contributed by atoms with van der Waals surface area (Å²) in [6.45, 7) is 25.4. The lowest BCUT2D eigenvalue weighted by Crippen LogP contribution is -2.60. The van der Waals surface area contributed by atoms with E-state index in [0.29, 0.717) is 0 Å². The van der Waals surface area contributed by atoms with E-state index in [4.69, 9.17) is 4.42 Å². The number of thiophene rings is 1. The molecule has 8 aromatic carbocycles. The van der Waals surface area contributed by atoms with Gasteiger partial charge in [0.15, 0.2) is 5.58 Å². The Labute approximate surface area is 415 Å². The smallest absolute Gasteiger partial charge is 0.252 e. The summed E-state index contributed by atoms with van der Waals surface area (Å²) >= 11 is 1.91. The minimum atomic E-state index is -0.146. The highest BCUT2D eigenvalue weighted by Crippen LogP contribution is 2.50. The predicted molar refractivity (Wildman–Crippen MR) is 303 cm³/mol. The molecule has 13 rings (SSSR count). The summed E-state index contributed by atoms with van der Waals surface area (Å²) < 4.78 is 11.0. The minimum absolute atomic E-state index is 0.0188. The third kappa shape index (κ3) is 6.21. The summed E-state index contributed by atoms with van der Waals surface area (Å²) in [4.78, 5) is 6.38. The summed E-state index contributed by atoms with van der Waals surface area (Å²) in [6, 6.07) is 57.7. The molecule has 0 spiro atoms. The first-order valence-electron chi connectivity index (χ1n) is 25.0. The Hall–Kier alpha value is -7.02. The van der Waals surface area contributed by atoms with Crippen LogP contribution in [0.5, 0.6) is 0 Å². The average molecular weight is 928 g/mol. The van der Waals surface area contributed by atoms with Crippen LogP contribution in [-0.4, -0.2) is 11.3 Å². The van der Waals surface area contributed by atoms with Crippen LogP contribution in [-0.2, 0) is 16.2 Å². The van der Waals surface area contributed by atoms with Crippen LogP contribution in [0.4, 0.5) is 34.1 Å². The molecule has 2 aliphatic heterocycles. The molecular formula is C64H58BN3OS. The first-order chi connectivity index (χ1) is 33.5. The molecule has 0 atom stereocenters. The molecule has 4 nitrogen and oxygen atoms in total. The van der Waals surface area contributed by atoms with Crippen molar-refractivity contribution in [3.63, 3.8) is 0 Å². The molecule has 11 aromatic rings. The van der Waals surface area contributed by atoms with Crippen LogP contribution >= 0.6 is 11.3 Å². The third-order valence-electron chi connectivity index (χ3n) is 15.5. The first-order valence-corrected chi connectivity index (χ1v) is 25.8. The average Bonchev–Trinajstić information content (AvgIpc) is 4.00. The first kappa shape index (κ1) is 43.0. The van der Waals surface area contributed by atoms with Crippen molar-refractivity contribution in [1.82, 2.24) is 4.57 Å². The number of anilines is 6. The predicted octanol–water partition coefficient (Wildman–Crippen LogP) is 16.5. The van der Waals surface area contributed by atoms with Crippen molar-refractivity contribution in [2.45, 2.75) is 92.4 Å². The van der Waals surface area contributed by atoms with Crippen molar-refractivity contribution < 1.29 is 4.42 Å². The standard InChI is InChI=1S/C64H58BN3OS/c1-37-32-39(62(3,4)5)26-30-49(37)66(50-31-27-40(33-38(50)2)63(6,7)8)42-28-29-47-52(36-42)67(51-23-17-20-44-43-18-12-14-24-55(43)69-60(44)51)53-34-41(64(9,10)11)35-54-58(53)65(47)48-22-16-21-46-57-45-19-13-15-25-56(45)70-61(57)68(54)59(46)48/h12-36H,1-11H3. The highest BCUT2D eigenvalue weighted by molar-refractivity contribution is 7.26. The normalized spacial score (nSPS) is 13.6. The Bertz CT molecular complexity index is 3950. The molecule has 70 heavy (non-hydrogen) atoms. The number of benzene rings is 8. The molecule has 3 aromatic heterocycles. The lowest BCUT2D eigenvalue weighted by Gasteiger charge is -2.42. The maximum absolute atomic E-state index is 7.01. The molecular weight excluding hydrogens is 870 g/mol. The summed E-state index contributed by atoms with van der Waals surface area (Å²) in [5.41, 5.74) is 21.5. The van der Waals surface area contributed by atoms with E-state index in [0.717, 1.165) is 39.0 Å². The molecule has 0 radical (unpaired) electrons. The highest BCUT2D eigenvalue weighted by Gasteiger charge is 2.44. The fourth-order valence-corrected chi connectivity index (χ4v) is 13.0. The molecule has 0 bridgehead atoms. The zero-order chi connectivity index (χ0) is 48.3. The van der Waals surface area contributed by atoms with E-state index >= 15 is 0 Å². The number of hydrogen-bond donors (Lipinski definition) is 0. The molecule has 0 fully saturated rings. The van der Waals surface area contributed by atoms with Crippen molar-refractivity contribution in [3.05, 3.63) is 179 Å². The molecule has 0 saturated carbocycles. The van der Waals surface area contributed by atoms with Gasteiger partial charge < -0.3 is 18.8 Å². The number of para-hydroxylation sites is 3. The number of furan rings is 1. The summed E-state index contributed by atoms with van der Waals surface area (Å²) in [6.07, 6.45) is 0. The van der Waals surface area contributed by atoms with Crippen molar-refractivity contribution >= 4 is 122 Å². The largest absolute Gasteiger partial charge is 0.454 e. The van der Waals surface area contributed by atoms with Crippen molar-refractivity contribution in [1.29, 1.82) is 0 Å². The van der Waals surface area contributed by atoms with Gasteiger partial charge in [-0.15, -0.1) is 11.3 Å². The Kier molecular flexibility index (Phi) is 9.07. The van der Waals surface area contributed by atoms with Gasteiger partial charge in [-0.1, -0.05) is 159 Å². The number of aromatic nitrogens is 1. The Morgan fingerprint density at radius 2 is 1.11 bits per heavy atom. The molecule has 0 N–H and O–H groups in total. The molecule has 344 valence electrons. The molecule has 2 aliphatic rings. The van der Waals surface area contributed by atoms with Crippen molar-refractivity contribution in [3.8, 4) is 5.69 Å². The van der Waals surface area contributed by atoms with Crippen LogP contribution in [0.25, 0.3) is 58.8 Å². The number of fused-ring (bicyclic) bond motifs is 12. The van der Waals surface area contributed by atoms with E-state index in [1.54, 1.807) is 0 Å². The van der Waals surface area contributed by atoms with Crippen molar-refractivity contribution in [2.24, 2.45) is 0 Å². The zero-order valence-corrected chi connectivity index (χ0v) is 43.0. The van der Waals surface area contributed by atoms with E-state index < -0.39 is 0 Å². The van der Waals surface area contributed by atoms with Gasteiger partial charge in [0.1, 0.15) is 10.4 Å². The summed E-state index contributed by atoms with van der Waals surface area (Å²) in [7, 11) is 0. The van der Waals surface area contributed by atoms with E-state index in [1.165, 1.54) is 98.2 Å². The van der Waals surface area contributed by atoms with Gasteiger partial charge in [0.25, 0.3) is 6.71 Å². The molecule has 0 unspecified atom stereocenters.